The number of nitrogen functional groups attached to an aromatic ring is 1. The summed E-state index contributed by atoms with van der Waals surface area (Å²) in [4.78, 5) is 4.15. The van der Waals surface area contributed by atoms with E-state index in [4.69, 9.17) is 10.5 Å². The molecule has 0 amide bonds. The molecule has 0 saturated carbocycles. The lowest BCUT2D eigenvalue weighted by Gasteiger charge is -2.19. The van der Waals surface area contributed by atoms with Gasteiger partial charge in [0, 0.05) is 24.6 Å². The largest absolute Gasteiger partial charge is 0.399 e. The zero-order valence-electron chi connectivity index (χ0n) is 15.9. The van der Waals surface area contributed by atoms with E-state index in [9.17, 15) is 0 Å². The molecule has 1 aromatic heterocycles. The van der Waals surface area contributed by atoms with Crippen LogP contribution in [0.2, 0.25) is 0 Å². The second-order valence-electron chi connectivity index (χ2n) is 7.15. The molecule has 1 heterocycles. The van der Waals surface area contributed by atoms with Gasteiger partial charge in [-0.25, -0.2) is 4.98 Å². The number of aromatic nitrogens is 2. The monoisotopic (exact) mass is 371 g/mol. The third kappa shape index (κ3) is 4.78. The number of hydrogen-bond acceptors (Lipinski definition) is 3. The highest BCUT2D eigenvalue weighted by atomic mass is 16.5. The van der Waals surface area contributed by atoms with E-state index in [-0.39, 0.29) is 6.10 Å². The van der Waals surface area contributed by atoms with Crippen molar-refractivity contribution in [3.8, 4) is 0 Å². The molecule has 1 atom stereocenters. The highest BCUT2D eigenvalue weighted by molar-refractivity contribution is 5.82. The van der Waals surface area contributed by atoms with E-state index in [0.717, 1.165) is 30.6 Å². The lowest BCUT2D eigenvalue weighted by molar-refractivity contribution is 0.0239. The molecule has 2 N–H and O–H groups in total. The number of imidazole rings is 1. The van der Waals surface area contributed by atoms with E-state index in [0.29, 0.717) is 6.61 Å². The second-order valence-corrected chi connectivity index (χ2v) is 7.15. The van der Waals surface area contributed by atoms with Gasteiger partial charge in [-0.15, -0.1) is 0 Å². The Balaban J connectivity index is 1.42. The van der Waals surface area contributed by atoms with Crippen molar-refractivity contribution in [2.24, 2.45) is 0 Å². The van der Waals surface area contributed by atoms with E-state index in [1.807, 2.05) is 36.8 Å². The van der Waals surface area contributed by atoms with Crippen molar-refractivity contribution in [3.05, 3.63) is 96.6 Å². The molecule has 0 radical (unpaired) electrons. The summed E-state index contributed by atoms with van der Waals surface area (Å²) in [5.41, 5.74) is 9.02. The minimum Gasteiger partial charge on any atom is -0.399 e. The Hall–Kier alpha value is -3.11. The predicted octanol–water partition coefficient (Wildman–Crippen LogP) is 4.84. The summed E-state index contributed by atoms with van der Waals surface area (Å²) < 4.78 is 8.34. The molecule has 0 aliphatic carbocycles. The van der Waals surface area contributed by atoms with Crippen LogP contribution in [0.5, 0.6) is 0 Å². The first-order valence-electron chi connectivity index (χ1n) is 9.66. The summed E-state index contributed by atoms with van der Waals surface area (Å²) in [5, 5.41) is 2.56. The number of nitrogens with zero attached hydrogens (tertiary/aromatic N) is 2. The first-order valence-corrected chi connectivity index (χ1v) is 9.66. The predicted molar refractivity (Wildman–Crippen MR) is 114 cm³/mol. The summed E-state index contributed by atoms with van der Waals surface area (Å²) in [6.45, 7) is 1.37. The number of nitrogens with two attached hydrogens (primary N) is 1. The van der Waals surface area contributed by atoms with E-state index in [1.165, 1.54) is 16.3 Å². The van der Waals surface area contributed by atoms with Crippen molar-refractivity contribution in [2.75, 3.05) is 5.73 Å². The highest BCUT2D eigenvalue weighted by Gasteiger charge is 2.11. The average molecular weight is 371 g/mol. The number of fused-ring (bicyclic) bond motifs is 1. The van der Waals surface area contributed by atoms with Crippen molar-refractivity contribution in [2.45, 2.75) is 32.1 Å². The van der Waals surface area contributed by atoms with E-state index in [2.05, 4.69) is 52.0 Å². The van der Waals surface area contributed by atoms with E-state index in [1.54, 1.807) is 6.20 Å². The van der Waals surface area contributed by atoms with Crippen LogP contribution in [-0.4, -0.2) is 15.7 Å². The molecule has 0 aliphatic heterocycles. The van der Waals surface area contributed by atoms with Crippen molar-refractivity contribution < 1.29 is 4.74 Å². The smallest absolute Gasteiger partial charge is 0.0946 e. The van der Waals surface area contributed by atoms with Crippen LogP contribution >= 0.6 is 0 Å². The molecule has 142 valence electrons. The van der Waals surface area contributed by atoms with Gasteiger partial charge in [-0.3, -0.25) is 0 Å². The van der Waals surface area contributed by atoms with Crippen LogP contribution in [0, 0.1) is 0 Å². The van der Waals surface area contributed by atoms with Crippen LogP contribution in [0.1, 0.15) is 17.5 Å². The van der Waals surface area contributed by atoms with E-state index >= 15 is 0 Å². The summed E-state index contributed by atoms with van der Waals surface area (Å²) in [6.07, 6.45) is 7.67. The Morgan fingerprint density at radius 1 is 0.929 bits per heavy atom. The second kappa shape index (κ2) is 8.72. The fourth-order valence-corrected chi connectivity index (χ4v) is 3.41. The third-order valence-corrected chi connectivity index (χ3v) is 5.01. The average Bonchev–Trinajstić information content (AvgIpc) is 3.24. The molecule has 0 spiro atoms. The van der Waals surface area contributed by atoms with Crippen LogP contribution < -0.4 is 5.73 Å². The van der Waals surface area contributed by atoms with Gasteiger partial charge in [-0.1, -0.05) is 54.6 Å². The lowest BCUT2D eigenvalue weighted by atomic mass is 10.0. The molecule has 0 fully saturated rings. The van der Waals surface area contributed by atoms with Crippen molar-refractivity contribution >= 4 is 16.5 Å². The summed E-state index contributed by atoms with van der Waals surface area (Å²) in [7, 11) is 0. The molecular formula is C24H25N3O. The summed E-state index contributed by atoms with van der Waals surface area (Å²) >= 11 is 0. The van der Waals surface area contributed by atoms with Gasteiger partial charge in [0.2, 0.25) is 0 Å². The molecule has 0 aliphatic rings. The van der Waals surface area contributed by atoms with Gasteiger partial charge in [0.05, 0.1) is 19.0 Å². The molecule has 0 bridgehead atoms. The normalized spacial score (nSPS) is 12.3. The SMILES string of the molecule is Nc1ccc(COC(CCc2ccc3ccccc3c2)Cn2ccnc2)cc1. The van der Waals surface area contributed by atoms with Gasteiger partial charge in [0.1, 0.15) is 0 Å². The summed E-state index contributed by atoms with van der Waals surface area (Å²) in [5.74, 6) is 0. The fraction of sp³-hybridized carbons (Fsp3) is 0.208. The van der Waals surface area contributed by atoms with Gasteiger partial charge in [0.25, 0.3) is 0 Å². The first kappa shape index (κ1) is 18.3. The molecule has 4 nitrogen and oxygen atoms in total. The zero-order valence-corrected chi connectivity index (χ0v) is 15.9. The lowest BCUT2D eigenvalue weighted by Crippen LogP contribution is -2.20. The minimum absolute atomic E-state index is 0.109. The molecule has 4 rings (SSSR count). The number of ether oxygens (including phenoxy) is 1. The van der Waals surface area contributed by atoms with Gasteiger partial charge in [0.15, 0.2) is 0 Å². The van der Waals surface area contributed by atoms with Gasteiger partial charge < -0.3 is 15.0 Å². The van der Waals surface area contributed by atoms with Gasteiger partial charge >= 0.3 is 0 Å². The maximum atomic E-state index is 6.26. The zero-order chi connectivity index (χ0) is 19.2. The molecular weight excluding hydrogens is 346 g/mol. The number of rotatable bonds is 8. The maximum Gasteiger partial charge on any atom is 0.0946 e. The topological polar surface area (TPSA) is 53.1 Å². The third-order valence-electron chi connectivity index (χ3n) is 5.01. The molecule has 4 heteroatoms. The van der Waals surface area contributed by atoms with Crippen LogP contribution in [-0.2, 0) is 24.3 Å². The minimum atomic E-state index is 0.109. The molecule has 0 saturated heterocycles. The van der Waals surface area contributed by atoms with E-state index < -0.39 is 0 Å². The number of hydrogen-bond donors (Lipinski definition) is 1. The van der Waals surface area contributed by atoms with Crippen LogP contribution in [0.15, 0.2) is 85.5 Å². The van der Waals surface area contributed by atoms with Crippen molar-refractivity contribution in [1.82, 2.24) is 9.55 Å². The Morgan fingerprint density at radius 3 is 2.50 bits per heavy atom. The highest BCUT2D eigenvalue weighted by Crippen LogP contribution is 2.18. The van der Waals surface area contributed by atoms with Crippen LogP contribution in [0.3, 0.4) is 0 Å². The quantitative estimate of drug-likeness (QED) is 0.451. The standard InChI is InChI=1S/C24H25N3O/c25-23-10-6-20(7-11-23)17-28-24(16-27-14-13-26-18-27)12-8-19-5-9-21-3-1-2-4-22(21)15-19/h1-7,9-11,13-15,18,24H,8,12,16-17,25H2. The fourth-order valence-electron chi connectivity index (χ4n) is 3.41. The molecule has 4 aromatic rings. The number of aryl methyl sites for hydroxylation is 1. The number of benzene rings is 3. The van der Waals surface area contributed by atoms with Crippen molar-refractivity contribution in [1.29, 1.82) is 0 Å². The van der Waals surface area contributed by atoms with Gasteiger partial charge in [-0.05, 0) is 46.9 Å². The Bertz CT molecular complexity index is 1010. The Kier molecular flexibility index (Phi) is 5.69. The molecule has 28 heavy (non-hydrogen) atoms. The number of anilines is 1. The van der Waals surface area contributed by atoms with Crippen LogP contribution in [0.4, 0.5) is 5.69 Å². The Morgan fingerprint density at radius 2 is 1.71 bits per heavy atom. The summed E-state index contributed by atoms with van der Waals surface area (Å²) in [6, 6.07) is 23.1. The van der Waals surface area contributed by atoms with Gasteiger partial charge in [-0.2, -0.15) is 0 Å². The molecule has 3 aromatic carbocycles. The Labute approximate surface area is 165 Å². The maximum absolute atomic E-state index is 6.26. The van der Waals surface area contributed by atoms with Crippen molar-refractivity contribution in [3.63, 3.8) is 0 Å². The molecule has 1 unspecified atom stereocenters. The first-order chi connectivity index (χ1) is 13.8. The van der Waals surface area contributed by atoms with Crippen LogP contribution in [0.25, 0.3) is 10.8 Å².